The van der Waals surface area contributed by atoms with Crippen molar-refractivity contribution in [3.8, 4) is 11.5 Å². The SMILES string of the molecule is O=C(NCc1ccc2c(c1)OCO2)c1ccc(NCc2ccco2)cn1. The molecule has 0 fully saturated rings. The third-order valence-corrected chi connectivity index (χ3v) is 3.93. The van der Waals surface area contributed by atoms with Crippen molar-refractivity contribution in [3.63, 3.8) is 0 Å². The molecule has 0 saturated heterocycles. The minimum atomic E-state index is -0.236. The number of furan rings is 1. The van der Waals surface area contributed by atoms with Crippen LogP contribution in [0.5, 0.6) is 11.5 Å². The van der Waals surface area contributed by atoms with Crippen molar-refractivity contribution < 1.29 is 18.7 Å². The smallest absolute Gasteiger partial charge is 0.270 e. The third-order valence-electron chi connectivity index (χ3n) is 3.93. The summed E-state index contributed by atoms with van der Waals surface area (Å²) in [6.45, 7) is 1.18. The molecule has 0 atom stereocenters. The Bertz CT molecular complexity index is 892. The lowest BCUT2D eigenvalue weighted by molar-refractivity contribution is 0.0946. The maximum absolute atomic E-state index is 12.2. The number of nitrogens with one attached hydrogen (secondary N) is 2. The summed E-state index contributed by atoms with van der Waals surface area (Å²) in [5, 5.41) is 6.03. The van der Waals surface area contributed by atoms with Crippen LogP contribution in [0.3, 0.4) is 0 Å². The summed E-state index contributed by atoms with van der Waals surface area (Å²) >= 11 is 0. The molecular weight excluding hydrogens is 334 g/mol. The molecule has 4 rings (SSSR count). The van der Waals surface area contributed by atoms with Crippen molar-refractivity contribution in [2.75, 3.05) is 12.1 Å². The Morgan fingerprint density at radius 3 is 2.81 bits per heavy atom. The molecule has 7 nitrogen and oxygen atoms in total. The normalized spacial score (nSPS) is 12.0. The zero-order chi connectivity index (χ0) is 17.8. The van der Waals surface area contributed by atoms with Gasteiger partial charge in [-0.15, -0.1) is 0 Å². The highest BCUT2D eigenvalue weighted by Gasteiger charge is 2.14. The number of pyridine rings is 1. The van der Waals surface area contributed by atoms with Crippen LogP contribution in [-0.2, 0) is 13.1 Å². The second-order valence-electron chi connectivity index (χ2n) is 5.74. The summed E-state index contributed by atoms with van der Waals surface area (Å²) in [5.41, 5.74) is 2.10. The van der Waals surface area contributed by atoms with Gasteiger partial charge in [-0.3, -0.25) is 4.79 Å². The summed E-state index contributed by atoms with van der Waals surface area (Å²) < 4.78 is 15.9. The van der Waals surface area contributed by atoms with E-state index in [-0.39, 0.29) is 12.7 Å². The molecule has 1 aliphatic heterocycles. The van der Waals surface area contributed by atoms with Crippen LogP contribution < -0.4 is 20.1 Å². The van der Waals surface area contributed by atoms with Crippen molar-refractivity contribution >= 4 is 11.6 Å². The molecule has 1 amide bonds. The van der Waals surface area contributed by atoms with Crippen molar-refractivity contribution in [3.05, 3.63) is 71.9 Å². The molecule has 0 bridgehead atoms. The number of hydrogen-bond acceptors (Lipinski definition) is 6. The fourth-order valence-corrected chi connectivity index (χ4v) is 2.56. The first-order valence-corrected chi connectivity index (χ1v) is 8.17. The Kier molecular flexibility index (Phi) is 4.42. The minimum absolute atomic E-state index is 0.232. The molecule has 7 heteroatoms. The average molecular weight is 351 g/mol. The predicted octanol–water partition coefficient (Wildman–Crippen LogP) is 2.95. The van der Waals surface area contributed by atoms with E-state index in [0.717, 1.165) is 22.8 Å². The van der Waals surface area contributed by atoms with Gasteiger partial charge in [-0.2, -0.15) is 0 Å². The highest BCUT2D eigenvalue weighted by molar-refractivity contribution is 5.92. The lowest BCUT2D eigenvalue weighted by Crippen LogP contribution is -2.23. The number of nitrogens with zero attached hydrogens (tertiary/aromatic N) is 1. The number of anilines is 1. The van der Waals surface area contributed by atoms with Gasteiger partial charge in [0.15, 0.2) is 11.5 Å². The monoisotopic (exact) mass is 351 g/mol. The van der Waals surface area contributed by atoms with Crippen molar-refractivity contribution in [1.82, 2.24) is 10.3 Å². The van der Waals surface area contributed by atoms with E-state index in [2.05, 4.69) is 15.6 Å². The van der Waals surface area contributed by atoms with E-state index < -0.39 is 0 Å². The Morgan fingerprint density at radius 1 is 1.08 bits per heavy atom. The second kappa shape index (κ2) is 7.18. The zero-order valence-electron chi connectivity index (χ0n) is 13.9. The lowest BCUT2D eigenvalue weighted by atomic mass is 10.2. The summed E-state index contributed by atoms with van der Waals surface area (Å²) in [6.07, 6.45) is 3.25. The van der Waals surface area contributed by atoms with E-state index >= 15 is 0 Å². The van der Waals surface area contributed by atoms with Crippen molar-refractivity contribution in [2.45, 2.75) is 13.1 Å². The van der Waals surface area contributed by atoms with Crippen LogP contribution in [0.4, 0.5) is 5.69 Å². The highest BCUT2D eigenvalue weighted by Crippen LogP contribution is 2.32. The number of amides is 1. The van der Waals surface area contributed by atoms with Crippen molar-refractivity contribution in [1.29, 1.82) is 0 Å². The molecule has 0 radical (unpaired) electrons. The van der Waals surface area contributed by atoms with Gasteiger partial charge in [0.25, 0.3) is 5.91 Å². The Labute approximate surface area is 150 Å². The molecular formula is C19H17N3O4. The van der Waals surface area contributed by atoms with Crippen LogP contribution in [-0.4, -0.2) is 17.7 Å². The van der Waals surface area contributed by atoms with Crippen LogP contribution in [0, 0.1) is 0 Å². The fourth-order valence-electron chi connectivity index (χ4n) is 2.56. The average Bonchev–Trinajstić information content (AvgIpc) is 3.36. The van der Waals surface area contributed by atoms with E-state index in [1.165, 1.54) is 0 Å². The number of rotatable bonds is 6. The van der Waals surface area contributed by atoms with Crippen LogP contribution in [0.25, 0.3) is 0 Å². The molecule has 1 aliphatic rings. The van der Waals surface area contributed by atoms with Gasteiger partial charge in [0, 0.05) is 6.54 Å². The van der Waals surface area contributed by atoms with Gasteiger partial charge >= 0.3 is 0 Å². The first-order chi connectivity index (χ1) is 12.8. The van der Waals surface area contributed by atoms with Crippen LogP contribution in [0.2, 0.25) is 0 Å². The number of fused-ring (bicyclic) bond motifs is 1. The molecule has 0 aliphatic carbocycles. The highest BCUT2D eigenvalue weighted by atomic mass is 16.7. The standard InChI is InChI=1S/C19H17N3O4/c23-19(22-9-13-3-6-17-18(8-13)26-12-25-17)16-5-4-14(10-21-16)20-11-15-2-1-7-24-15/h1-8,10,20H,9,11-12H2,(H,22,23). The van der Waals surface area contributed by atoms with Gasteiger partial charge in [0.2, 0.25) is 6.79 Å². The minimum Gasteiger partial charge on any atom is -0.467 e. The van der Waals surface area contributed by atoms with Gasteiger partial charge in [-0.25, -0.2) is 4.98 Å². The Balaban J connectivity index is 1.31. The number of carbonyl (C=O) groups excluding carboxylic acids is 1. The van der Waals surface area contributed by atoms with Gasteiger partial charge in [-0.1, -0.05) is 6.07 Å². The number of aromatic nitrogens is 1. The van der Waals surface area contributed by atoms with Gasteiger partial charge in [0.05, 0.1) is 24.7 Å². The topological polar surface area (TPSA) is 85.6 Å². The third kappa shape index (κ3) is 3.61. The molecule has 3 aromatic rings. The van der Waals surface area contributed by atoms with Gasteiger partial charge in [0.1, 0.15) is 11.5 Å². The molecule has 2 aromatic heterocycles. The van der Waals surface area contributed by atoms with E-state index in [1.807, 2.05) is 36.4 Å². The predicted molar refractivity (Wildman–Crippen MR) is 94.0 cm³/mol. The van der Waals surface area contributed by atoms with Gasteiger partial charge < -0.3 is 24.5 Å². The first kappa shape index (κ1) is 16.0. The van der Waals surface area contributed by atoms with E-state index in [4.69, 9.17) is 13.9 Å². The molecule has 132 valence electrons. The molecule has 0 saturated carbocycles. The second-order valence-corrected chi connectivity index (χ2v) is 5.74. The number of benzene rings is 1. The summed E-state index contributed by atoms with van der Waals surface area (Å²) in [4.78, 5) is 16.4. The number of hydrogen-bond donors (Lipinski definition) is 2. The molecule has 1 aromatic carbocycles. The largest absolute Gasteiger partial charge is 0.467 e. The number of ether oxygens (including phenoxy) is 2. The lowest BCUT2D eigenvalue weighted by Gasteiger charge is -2.07. The first-order valence-electron chi connectivity index (χ1n) is 8.17. The van der Waals surface area contributed by atoms with E-state index in [9.17, 15) is 4.79 Å². The molecule has 3 heterocycles. The van der Waals surface area contributed by atoms with E-state index in [1.54, 1.807) is 18.5 Å². The summed E-state index contributed by atoms with van der Waals surface area (Å²) in [6, 6.07) is 12.8. The summed E-state index contributed by atoms with van der Waals surface area (Å²) in [7, 11) is 0. The summed E-state index contributed by atoms with van der Waals surface area (Å²) in [5.74, 6) is 2.01. The van der Waals surface area contributed by atoms with Crippen LogP contribution in [0.15, 0.2) is 59.3 Å². The van der Waals surface area contributed by atoms with Crippen LogP contribution in [0.1, 0.15) is 21.8 Å². The fraction of sp³-hybridized carbons (Fsp3) is 0.158. The van der Waals surface area contributed by atoms with E-state index in [0.29, 0.717) is 24.5 Å². The van der Waals surface area contributed by atoms with Crippen LogP contribution >= 0.6 is 0 Å². The number of carbonyl (C=O) groups is 1. The molecule has 26 heavy (non-hydrogen) atoms. The maximum atomic E-state index is 12.2. The van der Waals surface area contributed by atoms with Crippen molar-refractivity contribution in [2.24, 2.45) is 0 Å². The zero-order valence-corrected chi connectivity index (χ0v) is 13.9. The van der Waals surface area contributed by atoms with Gasteiger partial charge in [-0.05, 0) is 42.0 Å². The molecule has 2 N–H and O–H groups in total. The molecule has 0 unspecified atom stereocenters. The molecule has 0 spiro atoms. The quantitative estimate of drug-likeness (QED) is 0.710. The Hall–Kier alpha value is -3.48. The maximum Gasteiger partial charge on any atom is 0.270 e. The Morgan fingerprint density at radius 2 is 2.00 bits per heavy atom.